The first kappa shape index (κ1) is 23.0. The molecule has 138 valence electrons. The fourth-order valence-electron chi connectivity index (χ4n) is 2.43. The SMILES string of the molecule is O=[N+]([O-])c1ccc(C(O)CNCCCN2CCOCC2)cc1.[Cl-].[Cl-]. The van der Waals surface area contributed by atoms with Crippen molar-refractivity contribution in [1.29, 1.82) is 0 Å². The van der Waals surface area contributed by atoms with E-state index in [2.05, 4.69) is 10.2 Å². The Balaban J connectivity index is 0.00000264. The van der Waals surface area contributed by atoms with Gasteiger partial charge in [-0.25, -0.2) is 0 Å². The van der Waals surface area contributed by atoms with Gasteiger partial charge in [0, 0.05) is 31.8 Å². The van der Waals surface area contributed by atoms with E-state index in [1.54, 1.807) is 12.1 Å². The molecule has 0 aliphatic carbocycles. The van der Waals surface area contributed by atoms with Crippen LogP contribution in [0.2, 0.25) is 0 Å². The topological polar surface area (TPSA) is 87.9 Å². The maximum Gasteiger partial charge on any atom is 0.269 e. The van der Waals surface area contributed by atoms with Crippen LogP contribution in [0.1, 0.15) is 18.1 Å². The lowest BCUT2D eigenvalue weighted by Crippen LogP contribution is -3.00. The maximum atomic E-state index is 10.6. The Hall–Kier alpha value is -0.960. The number of nitro benzene ring substituents is 1. The van der Waals surface area contributed by atoms with Crippen molar-refractivity contribution in [2.24, 2.45) is 0 Å². The average molecular weight is 380 g/mol. The molecule has 1 fully saturated rings. The van der Waals surface area contributed by atoms with Gasteiger partial charge < -0.3 is 40.0 Å². The first-order chi connectivity index (χ1) is 10.7. The molecule has 9 heteroatoms. The molecule has 7 nitrogen and oxygen atoms in total. The van der Waals surface area contributed by atoms with Crippen LogP contribution in [0, 0.1) is 10.1 Å². The lowest BCUT2D eigenvalue weighted by molar-refractivity contribution is -0.384. The number of aliphatic hydroxyl groups excluding tert-OH is 1. The number of aliphatic hydroxyl groups is 1. The average Bonchev–Trinajstić information content (AvgIpc) is 2.55. The van der Waals surface area contributed by atoms with Crippen molar-refractivity contribution in [3.05, 3.63) is 39.9 Å². The summed E-state index contributed by atoms with van der Waals surface area (Å²) in [4.78, 5) is 12.5. The Labute approximate surface area is 154 Å². The van der Waals surface area contributed by atoms with Gasteiger partial charge in [0.2, 0.25) is 0 Å². The summed E-state index contributed by atoms with van der Waals surface area (Å²) < 4.78 is 5.30. The Morgan fingerprint density at radius 2 is 1.88 bits per heavy atom. The number of nitro groups is 1. The molecule has 1 atom stereocenters. The van der Waals surface area contributed by atoms with Crippen molar-refractivity contribution < 1.29 is 39.6 Å². The summed E-state index contributed by atoms with van der Waals surface area (Å²) in [7, 11) is 0. The summed E-state index contributed by atoms with van der Waals surface area (Å²) in [5, 5.41) is 23.8. The Morgan fingerprint density at radius 3 is 2.46 bits per heavy atom. The van der Waals surface area contributed by atoms with Crippen molar-refractivity contribution in [2.75, 3.05) is 45.9 Å². The molecule has 0 spiro atoms. The molecule has 1 unspecified atom stereocenters. The summed E-state index contributed by atoms with van der Waals surface area (Å²) in [5.74, 6) is 0. The summed E-state index contributed by atoms with van der Waals surface area (Å²) in [6.07, 6.45) is 0.372. The highest BCUT2D eigenvalue weighted by molar-refractivity contribution is 5.33. The molecule has 2 rings (SSSR count). The smallest absolute Gasteiger partial charge is 0.269 e. The number of non-ortho nitro benzene ring substituents is 1. The third-order valence-electron chi connectivity index (χ3n) is 3.76. The Morgan fingerprint density at radius 1 is 1.25 bits per heavy atom. The molecule has 1 aliphatic rings. The highest BCUT2D eigenvalue weighted by Gasteiger charge is 2.11. The van der Waals surface area contributed by atoms with E-state index >= 15 is 0 Å². The van der Waals surface area contributed by atoms with Crippen LogP contribution in [-0.2, 0) is 4.74 Å². The van der Waals surface area contributed by atoms with Gasteiger partial charge in [-0.05, 0) is 37.2 Å². The molecular weight excluding hydrogens is 357 g/mol. The number of hydrogen-bond donors (Lipinski definition) is 2. The molecule has 0 aromatic heterocycles. The van der Waals surface area contributed by atoms with Gasteiger partial charge in [0.1, 0.15) is 0 Å². The molecule has 1 aromatic carbocycles. The van der Waals surface area contributed by atoms with Gasteiger partial charge >= 0.3 is 0 Å². The normalized spacial score (nSPS) is 15.9. The third kappa shape index (κ3) is 7.74. The van der Waals surface area contributed by atoms with Crippen molar-refractivity contribution in [1.82, 2.24) is 10.2 Å². The zero-order valence-electron chi connectivity index (χ0n) is 13.4. The number of halogens is 2. The van der Waals surface area contributed by atoms with Crippen LogP contribution in [0.4, 0.5) is 5.69 Å². The first-order valence-electron chi connectivity index (χ1n) is 7.60. The summed E-state index contributed by atoms with van der Waals surface area (Å²) in [5.41, 5.74) is 0.723. The van der Waals surface area contributed by atoms with E-state index in [4.69, 9.17) is 4.74 Å². The molecule has 1 saturated heterocycles. The molecule has 1 aliphatic heterocycles. The second-order valence-corrected chi connectivity index (χ2v) is 5.38. The molecule has 0 bridgehead atoms. The van der Waals surface area contributed by atoms with E-state index in [1.165, 1.54) is 12.1 Å². The van der Waals surface area contributed by atoms with E-state index < -0.39 is 11.0 Å². The van der Waals surface area contributed by atoms with E-state index in [9.17, 15) is 15.2 Å². The monoisotopic (exact) mass is 379 g/mol. The Bertz CT molecular complexity index is 470. The number of morpholine rings is 1. The number of nitrogens with one attached hydrogen (secondary N) is 1. The molecule has 1 heterocycles. The van der Waals surface area contributed by atoms with Crippen LogP contribution in [0.15, 0.2) is 24.3 Å². The predicted molar refractivity (Wildman–Crippen MR) is 82.8 cm³/mol. The summed E-state index contributed by atoms with van der Waals surface area (Å²) >= 11 is 0. The predicted octanol–water partition coefficient (Wildman–Crippen LogP) is -5.05. The third-order valence-corrected chi connectivity index (χ3v) is 3.76. The minimum atomic E-state index is -0.649. The zero-order chi connectivity index (χ0) is 15.8. The quantitative estimate of drug-likeness (QED) is 0.267. The minimum absolute atomic E-state index is 0. The molecule has 0 saturated carbocycles. The fourth-order valence-corrected chi connectivity index (χ4v) is 2.43. The van der Waals surface area contributed by atoms with E-state index in [-0.39, 0.29) is 30.5 Å². The van der Waals surface area contributed by atoms with E-state index in [0.717, 1.165) is 45.8 Å². The second kappa shape index (κ2) is 12.4. The number of ether oxygens (including phenoxy) is 1. The molecule has 0 amide bonds. The fraction of sp³-hybridized carbons (Fsp3) is 0.600. The van der Waals surface area contributed by atoms with E-state index in [1.807, 2.05) is 0 Å². The second-order valence-electron chi connectivity index (χ2n) is 5.38. The highest BCUT2D eigenvalue weighted by Crippen LogP contribution is 2.17. The molecule has 1 aromatic rings. The van der Waals surface area contributed by atoms with Crippen LogP contribution in [0.5, 0.6) is 0 Å². The number of rotatable bonds is 8. The number of nitrogens with zero attached hydrogens (tertiary/aromatic N) is 2. The minimum Gasteiger partial charge on any atom is -1.00 e. The van der Waals surface area contributed by atoms with Gasteiger partial charge in [-0.2, -0.15) is 0 Å². The molecule has 0 radical (unpaired) electrons. The van der Waals surface area contributed by atoms with E-state index in [0.29, 0.717) is 12.1 Å². The number of benzene rings is 1. The van der Waals surface area contributed by atoms with Gasteiger partial charge in [0.05, 0.1) is 24.2 Å². The number of hydrogen-bond acceptors (Lipinski definition) is 6. The molecular formula is C15H23Cl2N3O4-2. The molecule has 2 N–H and O–H groups in total. The highest BCUT2D eigenvalue weighted by atomic mass is 35.5. The largest absolute Gasteiger partial charge is 1.00 e. The van der Waals surface area contributed by atoms with Gasteiger partial charge in [0.15, 0.2) is 0 Å². The van der Waals surface area contributed by atoms with Crippen LogP contribution in [0.3, 0.4) is 0 Å². The summed E-state index contributed by atoms with van der Waals surface area (Å²) in [6.45, 7) is 5.92. The van der Waals surface area contributed by atoms with Gasteiger partial charge in [0.25, 0.3) is 5.69 Å². The van der Waals surface area contributed by atoms with Gasteiger partial charge in [-0.3, -0.25) is 15.0 Å². The van der Waals surface area contributed by atoms with Crippen LogP contribution in [-0.4, -0.2) is 60.9 Å². The van der Waals surface area contributed by atoms with Crippen molar-refractivity contribution >= 4 is 5.69 Å². The van der Waals surface area contributed by atoms with Gasteiger partial charge in [-0.1, -0.05) is 0 Å². The first-order valence-corrected chi connectivity index (χ1v) is 7.60. The van der Waals surface area contributed by atoms with Crippen LogP contribution >= 0.6 is 0 Å². The Kier molecular flexibility index (Phi) is 11.9. The van der Waals surface area contributed by atoms with Crippen LogP contribution < -0.4 is 30.1 Å². The van der Waals surface area contributed by atoms with Crippen molar-refractivity contribution in [3.63, 3.8) is 0 Å². The van der Waals surface area contributed by atoms with Gasteiger partial charge in [-0.15, -0.1) is 0 Å². The van der Waals surface area contributed by atoms with Crippen molar-refractivity contribution in [2.45, 2.75) is 12.5 Å². The van der Waals surface area contributed by atoms with Crippen molar-refractivity contribution in [3.8, 4) is 0 Å². The zero-order valence-corrected chi connectivity index (χ0v) is 14.9. The maximum absolute atomic E-state index is 10.6. The standard InChI is InChI=1S/C15H23N3O4.2ClH/c19-15(13-2-4-14(5-3-13)18(20)21)12-16-6-1-7-17-8-10-22-11-9-17;;/h2-5,15-16,19H,1,6-12H2;2*1H/p-2. The molecule has 24 heavy (non-hydrogen) atoms. The lowest BCUT2D eigenvalue weighted by atomic mass is 10.1. The summed E-state index contributed by atoms with van der Waals surface area (Å²) in [6, 6.07) is 6.02. The lowest BCUT2D eigenvalue weighted by Gasteiger charge is -2.26. The van der Waals surface area contributed by atoms with Crippen LogP contribution in [0.25, 0.3) is 0 Å².